The standard InChI is InChI=1S/C22H27N3O3/c1-2-17-3-6-19(7-4-17)23-22(26)15-25-11-9-24(10-12-25)14-18-5-8-20-21(13-18)28-16-27-20/h3-8,13H,2,9-12,14-16H2,1H3,(H,23,26). The minimum Gasteiger partial charge on any atom is -0.454 e. The first-order chi connectivity index (χ1) is 13.7. The van der Waals surface area contributed by atoms with E-state index >= 15 is 0 Å². The average molecular weight is 381 g/mol. The number of hydrogen-bond acceptors (Lipinski definition) is 5. The quantitative estimate of drug-likeness (QED) is 0.834. The van der Waals surface area contributed by atoms with Gasteiger partial charge in [0, 0.05) is 38.4 Å². The number of fused-ring (bicyclic) bond motifs is 1. The number of piperazine rings is 1. The minimum atomic E-state index is 0.0495. The summed E-state index contributed by atoms with van der Waals surface area (Å²) in [5.74, 6) is 1.71. The third kappa shape index (κ3) is 4.64. The first-order valence-corrected chi connectivity index (χ1v) is 9.91. The van der Waals surface area contributed by atoms with Crippen molar-refractivity contribution in [3.8, 4) is 11.5 Å². The zero-order valence-corrected chi connectivity index (χ0v) is 16.3. The lowest BCUT2D eigenvalue weighted by Crippen LogP contribution is -2.48. The van der Waals surface area contributed by atoms with Gasteiger partial charge in [0.1, 0.15) is 0 Å². The van der Waals surface area contributed by atoms with Crippen molar-refractivity contribution in [2.75, 3.05) is 44.8 Å². The van der Waals surface area contributed by atoms with E-state index in [0.717, 1.165) is 56.3 Å². The molecule has 2 heterocycles. The molecular weight excluding hydrogens is 354 g/mol. The van der Waals surface area contributed by atoms with Crippen molar-refractivity contribution in [3.05, 3.63) is 53.6 Å². The molecule has 6 heteroatoms. The van der Waals surface area contributed by atoms with E-state index in [1.54, 1.807) is 0 Å². The van der Waals surface area contributed by atoms with Crippen molar-refractivity contribution in [2.45, 2.75) is 19.9 Å². The van der Waals surface area contributed by atoms with Gasteiger partial charge in [-0.1, -0.05) is 25.1 Å². The van der Waals surface area contributed by atoms with Gasteiger partial charge in [0.15, 0.2) is 11.5 Å². The van der Waals surface area contributed by atoms with E-state index in [2.05, 4.69) is 46.3 Å². The van der Waals surface area contributed by atoms with Crippen molar-refractivity contribution in [3.63, 3.8) is 0 Å². The Labute approximate surface area is 166 Å². The fourth-order valence-electron chi connectivity index (χ4n) is 3.63. The molecule has 0 unspecified atom stereocenters. The van der Waals surface area contributed by atoms with Gasteiger partial charge in [-0.15, -0.1) is 0 Å². The summed E-state index contributed by atoms with van der Waals surface area (Å²) in [7, 11) is 0. The number of anilines is 1. The van der Waals surface area contributed by atoms with Crippen molar-refractivity contribution >= 4 is 11.6 Å². The number of nitrogens with one attached hydrogen (secondary N) is 1. The van der Waals surface area contributed by atoms with Gasteiger partial charge in [0.25, 0.3) is 0 Å². The van der Waals surface area contributed by atoms with E-state index in [1.165, 1.54) is 11.1 Å². The summed E-state index contributed by atoms with van der Waals surface area (Å²) >= 11 is 0. The Hall–Kier alpha value is -2.57. The van der Waals surface area contributed by atoms with Gasteiger partial charge >= 0.3 is 0 Å². The number of benzene rings is 2. The maximum Gasteiger partial charge on any atom is 0.238 e. The second kappa shape index (κ2) is 8.63. The average Bonchev–Trinajstić information content (AvgIpc) is 3.18. The second-order valence-corrected chi connectivity index (χ2v) is 7.34. The predicted molar refractivity (Wildman–Crippen MR) is 109 cm³/mol. The largest absolute Gasteiger partial charge is 0.454 e. The molecule has 0 atom stereocenters. The Morgan fingerprint density at radius 2 is 1.61 bits per heavy atom. The van der Waals surface area contributed by atoms with Crippen molar-refractivity contribution in [1.29, 1.82) is 0 Å². The van der Waals surface area contributed by atoms with E-state index in [-0.39, 0.29) is 5.91 Å². The molecule has 0 radical (unpaired) electrons. The summed E-state index contributed by atoms with van der Waals surface area (Å²) in [5, 5.41) is 3.00. The molecule has 6 nitrogen and oxygen atoms in total. The Kier molecular flexibility index (Phi) is 5.78. The molecule has 1 N–H and O–H groups in total. The SMILES string of the molecule is CCc1ccc(NC(=O)CN2CCN(Cc3ccc4c(c3)OCO4)CC2)cc1. The highest BCUT2D eigenvalue weighted by Crippen LogP contribution is 2.32. The Morgan fingerprint density at radius 1 is 0.929 bits per heavy atom. The van der Waals surface area contributed by atoms with Crippen LogP contribution in [0.3, 0.4) is 0 Å². The zero-order valence-electron chi connectivity index (χ0n) is 16.3. The van der Waals surface area contributed by atoms with E-state index < -0.39 is 0 Å². The normalized spacial score (nSPS) is 16.9. The van der Waals surface area contributed by atoms with Crippen LogP contribution in [0.1, 0.15) is 18.1 Å². The summed E-state index contributed by atoms with van der Waals surface area (Å²) in [5.41, 5.74) is 3.37. The molecule has 0 aromatic heterocycles. The van der Waals surface area contributed by atoms with Gasteiger partial charge in [-0.3, -0.25) is 14.6 Å². The number of rotatable bonds is 6. The lowest BCUT2D eigenvalue weighted by Gasteiger charge is -2.34. The molecule has 148 valence electrons. The number of hydrogen-bond donors (Lipinski definition) is 1. The molecule has 4 rings (SSSR count). The highest BCUT2D eigenvalue weighted by molar-refractivity contribution is 5.92. The maximum atomic E-state index is 12.3. The molecule has 2 aliphatic heterocycles. The van der Waals surface area contributed by atoms with Gasteiger partial charge < -0.3 is 14.8 Å². The van der Waals surface area contributed by atoms with Crippen LogP contribution in [0.5, 0.6) is 11.5 Å². The molecule has 0 bridgehead atoms. The molecular formula is C22H27N3O3. The molecule has 1 saturated heterocycles. The molecule has 1 fully saturated rings. The van der Waals surface area contributed by atoms with Crippen LogP contribution in [-0.2, 0) is 17.8 Å². The third-order valence-corrected chi connectivity index (χ3v) is 5.32. The highest BCUT2D eigenvalue weighted by Gasteiger charge is 2.20. The number of amides is 1. The Bertz CT molecular complexity index is 814. The number of nitrogens with zero attached hydrogens (tertiary/aromatic N) is 2. The van der Waals surface area contributed by atoms with Gasteiger partial charge in [-0.2, -0.15) is 0 Å². The fraction of sp³-hybridized carbons (Fsp3) is 0.409. The van der Waals surface area contributed by atoms with E-state index in [1.807, 2.05) is 18.2 Å². The summed E-state index contributed by atoms with van der Waals surface area (Å²) in [6, 6.07) is 14.2. The summed E-state index contributed by atoms with van der Waals surface area (Å²) in [4.78, 5) is 17.0. The first-order valence-electron chi connectivity index (χ1n) is 9.91. The van der Waals surface area contributed by atoms with Gasteiger partial charge in [0.05, 0.1) is 6.54 Å². The molecule has 0 saturated carbocycles. The van der Waals surface area contributed by atoms with Gasteiger partial charge in [-0.25, -0.2) is 0 Å². The van der Waals surface area contributed by atoms with Crippen LogP contribution in [0, 0.1) is 0 Å². The Morgan fingerprint density at radius 3 is 2.36 bits per heavy atom. The van der Waals surface area contributed by atoms with E-state index in [9.17, 15) is 4.79 Å². The molecule has 0 aliphatic carbocycles. The minimum absolute atomic E-state index is 0.0495. The van der Waals surface area contributed by atoms with Crippen LogP contribution in [-0.4, -0.2) is 55.2 Å². The number of aryl methyl sites for hydroxylation is 1. The van der Waals surface area contributed by atoms with Crippen LogP contribution in [0.25, 0.3) is 0 Å². The number of carbonyl (C=O) groups is 1. The van der Waals surface area contributed by atoms with Crippen LogP contribution in [0.15, 0.2) is 42.5 Å². The predicted octanol–water partition coefficient (Wildman–Crippen LogP) is 2.73. The fourth-order valence-corrected chi connectivity index (χ4v) is 3.63. The molecule has 2 aliphatic rings. The molecule has 0 spiro atoms. The summed E-state index contributed by atoms with van der Waals surface area (Å²) < 4.78 is 10.8. The summed E-state index contributed by atoms with van der Waals surface area (Å²) in [6.45, 7) is 7.45. The van der Waals surface area contributed by atoms with Crippen molar-refractivity contribution in [1.82, 2.24) is 9.80 Å². The number of carbonyl (C=O) groups excluding carboxylic acids is 1. The molecule has 1 amide bonds. The van der Waals surface area contributed by atoms with Crippen LogP contribution in [0.2, 0.25) is 0 Å². The van der Waals surface area contributed by atoms with Crippen LogP contribution < -0.4 is 14.8 Å². The number of ether oxygens (including phenoxy) is 2. The Balaban J connectivity index is 1.22. The zero-order chi connectivity index (χ0) is 19.3. The first kappa shape index (κ1) is 18.8. The van der Waals surface area contributed by atoms with Gasteiger partial charge in [0.2, 0.25) is 12.7 Å². The highest BCUT2D eigenvalue weighted by atomic mass is 16.7. The lowest BCUT2D eigenvalue weighted by molar-refractivity contribution is -0.117. The van der Waals surface area contributed by atoms with Gasteiger partial charge in [-0.05, 0) is 41.8 Å². The molecule has 2 aromatic rings. The smallest absolute Gasteiger partial charge is 0.238 e. The maximum absolute atomic E-state index is 12.3. The summed E-state index contributed by atoms with van der Waals surface area (Å²) in [6.07, 6.45) is 1.00. The van der Waals surface area contributed by atoms with Crippen LogP contribution >= 0.6 is 0 Å². The van der Waals surface area contributed by atoms with Crippen molar-refractivity contribution in [2.24, 2.45) is 0 Å². The second-order valence-electron chi connectivity index (χ2n) is 7.34. The van der Waals surface area contributed by atoms with E-state index in [4.69, 9.17) is 9.47 Å². The third-order valence-electron chi connectivity index (χ3n) is 5.32. The topological polar surface area (TPSA) is 54.0 Å². The lowest BCUT2D eigenvalue weighted by atomic mass is 10.1. The molecule has 28 heavy (non-hydrogen) atoms. The molecule has 2 aromatic carbocycles. The monoisotopic (exact) mass is 381 g/mol. The van der Waals surface area contributed by atoms with Crippen molar-refractivity contribution < 1.29 is 14.3 Å². The van der Waals surface area contributed by atoms with E-state index in [0.29, 0.717) is 13.3 Å². The van der Waals surface area contributed by atoms with Crippen LogP contribution in [0.4, 0.5) is 5.69 Å².